The first-order valence-electron chi connectivity index (χ1n) is 9.96. The zero-order valence-electron chi connectivity index (χ0n) is 18.4. The maximum absolute atomic E-state index is 12.2. The predicted octanol–water partition coefficient (Wildman–Crippen LogP) is 2.83. The Morgan fingerprint density at radius 2 is 2.00 bits per heavy atom. The molecule has 8 nitrogen and oxygen atoms in total. The maximum Gasteiger partial charge on any atom is 0.242 e. The summed E-state index contributed by atoms with van der Waals surface area (Å²) in [5.41, 5.74) is 2.17. The van der Waals surface area contributed by atoms with Crippen molar-refractivity contribution in [2.75, 3.05) is 20.1 Å². The van der Waals surface area contributed by atoms with Gasteiger partial charge in [0, 0.05) is 44.6 Å². The van der Waals surface area contributed by atoms with Crippen molar-refractivity contribution >= 4 is 40.0 Å². The summed E-state index contributed by atoms with van der Waals surface area (Å²) in [6.45, 7) is 7.30. The van der Waals surface area contributed by atoms with Crippen LogP contribution in [0.4, 0.5) is 0 Å². The van der Waals surface area contributed by atoms with Gasteiger partial charge in [0.25, 0.3) is 0 Å². The predicted molar refractivity (Wildman–Crippen MR) is 135 cm³/mol. The Kier molecular flexibility index (Phi) is 11.8. The van der Waals surface area contributed by atoms with Gasteiger partial charge in [0.1, 0.15) is 10.6 Å². The highest BCUT2D eigenvalue weighted by atomic mass is 127. The van der Waals surface area contributed by atoms with Crippen LogP contribution < -0.4 is 20.1 Å². The van der Waals surface area contributed by atoms with E-state index < -0.39 is 10.0 Å². The van der Waals surface area contributed by atoms with Crippen molar-refractivity contribution in [3.8, 4) is 5.75 Å². The van der Waals surface area contributed by atoms with E-state index >= 15 is 0 Å². The largest absolute Gasteiger partial charge is 0.490 e. The Labute approximate surface area is 202 Å². The number of hydrogen-bond donors (Lipinski definition) is 3. The minimum absolute atomic E-state index is 0. The lowest BCUT2D eigenvalue weighted by Crippen LogP contribution is -2.41. The van der Waals surface area contributed by atoms with E-state index in [9.17, 15) is 8.42 Å². The van der Waals surface area contributed by atoms with Gasteiger partial charge in [-0.15, -0.1) is 24.0 Å². The third-order valence-electron chi connectivity index (χ3n) is 4.45. The topological polar surface area (TPSA) is 105 Å². The normalized spacial score (nSPS) is 12.6. The zero-order chi connectivity index (χ0) is 22.0. The van der Waals surface area contributed by atoms with Gasteiger partial charge in [-0.1, -0.05) is 19.1 Å². The highest BCUT2D eigenvalue weighted by Gasteiger charge is 2.13. The molecule has 3 N–H and O–H groups in total. The Morgan fingerprint density at radius 1 is 1.23 bits per heavy atom. The average molecular weight is 561 g/mol. The first-order chi connectivity index (χ1) is 14.4. The molecule has 0 aliphatic heterocycles. The molecule has 0 bridgehead atoms. The van der Waals surface area contributed by atoms with E-state index in [2.05, 4.69) is 32.3 Å². The highest BCUT2D eigenvalue weighted by molar-refractivity contribution is 14.0. The van der Waals surface area contributed by atoms with Gasteiger partial charge < -0.3 is 15.4 Å². The molecule has 0 saturated carbocycles. The smallest absolute Gasteiger partial charge is 0.242 e. The van der Waals surface area contributed by atoms with E-state index in [-0.39, 0.29) is 41.5 Å². The molecule has 0 radical (unpaired) electrons. The molecule has 31 heavy (non-hydrogen) atoms. The number of benzene rings is 1. The number of aryl methyl sites for hydroxylation is 1. The first-order valence-corrected chi connectivity index (χ1v) is 11.4. The summed E-state index contributed by atoms with van der Waals surface area (Å²) in [5.74, 6) is 1.43. The summed E-state index contributed by atoms with van der Waals surface area (Å²) in [7, 11) is -1.91. The Hall–Kier alpha value is -1.92. The van der Waals surface area contributed by atoms with Crippen molar-refractivity contribution < 1.29 is 13.2 Å². The first kappa shape index (κ1) is 27.1. The fourth-order valence-corrected chi connectivity index (χ4v) is 3.57. The van der Waals surface area contributed by atoms with Crippen LogP contribution in [0.25, 0.3) is 0 Å². The van der Waals surface area contributed by atoms with Crippen LogP contribution >= 0.6 is 24.0 Å². The molecule has 0 fully saturated rings. The van der Waals surface area contributed by atoms with E-state index in [1.165, 1.54) is 18.5 Å². The zero-order valence-corrected chi connectivity index (χ0v) is 21.5. The lowest BCUT2D eigenvalue weighted by atomic mass is 10.1. The van der Waals surface area contributed by atoms with Crippen LogP contribution in [-0.4, -0.2) is 45.6 Å². The van der Waals surface area contributed by atoms with Crippen LogP contribution in [0.1, 0.15) is 31.4 Å². The Morgan fingerprint density at radius 3 is 2.65 bits per heavy atom. The summed E-state index contributed by atoms with van der Waals surface area (Å²) in [5, 5.41) is 6.34. The molecular formula is C21H32IN5O3S. The van der Waals surface area contributed by atoms with Crippen molar-refractivity contribution in [1.82, 2.24) is 20.3 Å². The highest BCUT2D eigenvalue weighted by Crippen LogP contribution is 2.22. The van der Waals surface area contributed by atoms with Crippen LogP contribution in [0, 0.1) is 6.92 Å². The average Bonchev–Trinajstić information content (AvgIpc) is 2.74. The second kappa shape index (κ2) is 13.5. The SMILES string of the molecule is CCC(C)Oc1cc(C)ccc1CNC(=NC)NCCNS(=O)(=O)c1cccnc1.I. The fraction of sp³-hybridized carbons (Fsp3) is 0.429. The van der Waals surface area contributed by atoms with E-state index in [0.29, 0.717) is 19.0 Å². The van der Waals surface area contributed by atoms with Crippen LogP contribution in [0.3, 0.4) is 0 Å². The number of rotatable bonds is 10. The van der Waals surface area contributed by atoms with Crippen molar-refractivity contribution in [2.24, 2.45) is 4.99 Å². The third kappa shape index (κ3) is 8.99. The number of pyridine rings is 1. The van der Waals surface area contributed by atoms with Gasteiger partial charge in [-0.2, -0.15) is 0 Å². The molecule has 0 spiro atoms. The van der Waals surface area contributed by atoms with Gasteiger partial charge in [0.2, 0.25) is 10.0 Å². The number of aliphatic imine (C=N–C) groups is 1. The number of hydrogen-bond acceptors (Lipinski definition) is 5. The number of nitrogens with zero attached hydrogens (tertiary/aromatic N) is 2. The molecule has 0 aliphatic rings. The van der Waals surface area contributed by atoms with Gasteiger partial charge in [0.05, 0.1) is 6.10 Å². The van der Waals surface area contributed by atoms with Gasteiger partial charge in [-0.25, -0.2) is 13.1 Å². The second-order valence-electron chi connectivity index (χ2n) is 6.89. The maximum atomic E-state index is 12.2. The molecule has 0 amide bonds. The van der Waals surface area contributed by atoms with Crippen molar-refractivity contribution in [3.05, 3.63) is 53.9 Å². The van der Waals surface area contributed by atoms with E-state index in [0.717, 1.165) is 23.3 Å². The van der Waals surface area contributed by atoms with Gasteiger partial charge in [-0.3, -0.25) is 9.98 Å². The third-order valence-corrected chi connectivity index (χ3v) is 5.90. The molecule has 0 aliphatic carbocycles. The standard InChI is InChI=1S/C21H31N5O3S.HI/c1-5-17(3)29-20-13-16(2)8-9-18(20)14-25-21(22-4)24-11-12-26-30(27,28)19-7-6-10-23-15-19;/h6-10,13,15,17,26H,5,11-12,14H2,1-4H3,(H2,22,24,25);1H. The molecule has 1 atom stereocenters. The van der Waals surface area contributed by atoms with Crippen LogP contribution in [0.2, 0.25) is 0 Å². The minimum Gasteiger partial charge on any atom is -0.490 e. The molecule has 1 aromatic carbocycles. The summed E-state index contributed by atoms with van der Waals surface area (Å²) in [4.78, 5) is 8.16. The van der Waals surface area contributed by atoms with Gasteiger partial charge in [0.15, 0.2) is 5.96 Å². The summed E-state index contributed by atoms with van der Waals surface area (Å²) in [6.07, 6.45) is 3.91. The monoisotopic (exact) mass is 561 g/mol. The van der Waals surface area contributed by atoms with Gasteiger partial charge in [-0.05, 0) is 44.0 Å². The summed E-state index contributed by atoms with van der Waals surface area (Å²) in [6, 6.07) is 9.21. The van der Waals surface area contributed by atoms with E-state index in [1.54, 1.807) is 13.1 Å². The number of nitrogens with one attached hydrogen (secondary N) is 3. The summed E-state index contributed by atoms with van der Waals surface area (Å²) >= 11 is 0. The molecule has 2 rings (SSSR count). The molecule has 1 heterocycles. The van der Waals surface area contributed by atoms with Crippen molar-refractivity contribution in [3.63, 3.8) is 0 Å². The van der Waals surface area contributed by atoms with Crippen molar-refractivity contribution in [1.29, 1.82) is 0 Å². The summed E-state index contributed by atoms with van der Waals surface area (Å²) < 4.78 is 33.0. The molecule has 2 aromatic rings. The lowest BCUT2D eigenvalue weighted by molar-refractivity contribution is 0.215. The number of guanidine groups is 1. The molecule has 172 valence electrons. The Bertz CT molecular complexity index is 939. The van der Waals surface area contributed by atoms with Crippen LogP contribution in [0.15, 0.2) is 52.6 Å². The van der Waals surface area contributed by atoms with Crippen LogP contribution in [0.5, 0.6) is 5.75 Å². The minimum atomic E-state index is -3.57. The fourth-order valence-electron chi connectivity index (χ4n) is 2.57. The van der Waals surface area contributed by atoms with Crippen LogP contribution in [-0.2, 0) is 16.6 Å². The number of aromatic nitrogens is 1. The number of ether oxygens (including phenoxy) is 1. The molecule has 0 saturated heterocycles. The van der Waals surface area contributed by atoms with E-state index in [1.807, 2.05) is 32.0 Å². The van der Waals surface area contributed by atoms with Gasteiger partial charge >= 0.3 is 0 Å². The number of sulfonamides is 1. The second-order valence-corrected chi connectivity index (χ2v) is 8.65. The molecule has 1 aromatic heterocycles. The van der Waals surface area contributed by atoms with E-state index in [4.69, 9.17) is 4.74 Å². The quantitative estimate of drug-likeness (QED) is 0.179. The molecule has 1 unspecified atom stereocenters. The number of halogens is 1. The lowest BCUT2D eigenvalue weighted by Gasteiger charge is -2.18. The molecular weight excluding hydrogens is 529 g/mol. The Balaban J connectivity index is 0.00000480. The molecule has 10 heteroatoms. The van der Waals surface area contributed by atoms with Crippen molar-refractivity contribution in [2.45, 2.75) is 44.7 Å².